The number of ether oxygens (including phenoxy) is 1. The van der Waals surface area contributed by atoms with Crippen LogP contribution in [0.3, 0.4) is 0 Å². The van der Waals surface area contributed by atoms with Gasteiger partial charge in [0.25, 0.3) is 0 Å². The highest BCUT2D eigenvalue weighted by Gasteiger charge is 2.11. The van der Waals surface area contributed by atoms with Gasteiger partial charge in [-0.05, 0) is 25.1 Å². The van der Waals surface area contributed by atoms with Crippen LogP contribution in [0.2, 0.25) is 0 Å². The quantitative estimate of drug-likeness (QED) is 0.740. The van der Waals surface area contributed by atoms with E-state index in [1.807, 2.05) is 0 Å². The Labute approximate surface area is 106 Å². The second-order valence-electron chi connectivity index (χ2n) is 3.60. The normalized spacial score (nSPS) is 9.67. The van der Waals surface area contributed by atoms with Crippen molar-refractivity contribution in [1.82, 2.24) is 4.90 Å². The summed E-state index contributed by atoms with van der Waals surface area (Å²) >= 11 is 0. The molecule has 0 radical (unpaired) electrons. The van der Waals surface area contributed by atoms with Gasteiger partial charge in [0.1, 0.15) is 5.75 Å². The minimum Gasteiger partial charge on any atom is -0.497 e. The minimum absolute atomic E-state index is 0.301. The summed E-state index contributed by atoms with van der Waals surface area (Å²) in [6, 6.07) is 6.42. The summed E-state index contributed by atoms with van der Waals surface area (Å²) in [6.45, 7) is 0.729. The van der Waals surface area contributed by atoms with E-state index >= 15 is 0 Å². The molecular weight excluding hydrogens is 234 g/mol. The molecule has 6 nitrogen and oxygen atoms in total. The van der Waals surface area contributed by atoms with E-state index in [0.29, 0.717) is 37.4 Å². The molecule has 1 aromatic carbocycles. The topological polar surface area (TPSA) is 84.7 Å². The van der Waals surface area contributed by atoms with E-state index in [0.717, 1.165) is 4.90 Å². The van der Waals surface area contributed by atoms with Gasteiger partial charge in [0, 0.05) is 18.3 Å². The average molecular weight is 251 g/mol. The van der Waals surface area contributed by atoms with Gasteiger partial charge < -0.3 is 15.8 Å². The van der Waals surface area contributed by atoms with E-state index in [2.05, 4.69) is 5.32 Å². The number of nitrogens with two attached hydrogens (primary N) is 1. The van der Waals surface area contributed by atoms with Crippen molar-refractivity contribution >= 4 is 18.1 Å². The van der Waals surface area contributed by atoms with E-state index in [1.54, 1.807) is 31.4 Å². The number of nitrogens with one attached hydrogen (secondary N) is 1. The summed E-state index contributed by atoms with van der Waals surface area (Å²) in [5, 5.41) is 2.61. The second-order valence-corrected chi connectivity index (χ2v) is 3.60. The third kappa shape index (κ3) is 4.06. The smallest absolute Gasteiger partial charge is 0.328 e. The van der Waals surface area contributed by atoms with E-state index in [9.17, 15) is 9.59 Å². The summed E-state index contributed by atoms with van der Waals surface area (Å²) in [7, 11) is 1.54. The van der Waals surface area contributed by atoms with Gasteiger partial charge in [-0.25, -0.2) is 4.79 Å². The third-order valence-electron chi connectivity index (χ3n) is 2.31. The summed E-state index contributed by atoms with van der Waals surface area (Å²) < 4.78 is 5.04. The van der Waals surface area contributed by atoms with Gasteiger partial charge >= 0.3 is 6.03 Å². The van der Waals surface area contributed by atoms with Crippen LogP contribution >= 0.6 is 0 Å². The zero-order valence-electron chi connectivity index (χ0n) is 10.3. The first-order valence-corrected chi connectivity index (χ1v) is 5.58. The number of imide groups is 1. The van der Waals surface area contributed by atoms with Crippen molar-refractivity contribution in [3.8, 4) is 5.75 Å². The predicted molar refractivity (Wildman–Crippen MR) is 68.5 cm³/mol. The number of carbonyl (C=O) groups excluding carboxylic acids is 2. The number of nitrogens with zero attached hydrogens (tertiary/aromatic N) is 1. The lowest BCUT2D eigenvalue weighted by Crippen LogP contribution is -2.35. The summed E-state index contributed by atoms with van der Waals surface area (Å²) in [4.78, 5) is 23.6. The molecule has 0 aromatic heterocycles. The van der Waals surface area contributed by atoms with Crippen molar-refractivity contribution < 1.29 is 14.3 Å². The van der Waals surface area contributed by atoms with E-state index in [-0.39, 0.29) is 0 Å². The van der Waals surface area contributed by atoms with Crippen LogP contribution in [0, 0.1) is 0 Å². The van der Waals surface area contributed by atoms with Crippen LogP contribution in [-0.4, -0.2) is 37.5 Å². The Morgan fingerprint density at radius 1 is 1.56 bits per heavy atom. The molecule has 0 aliphatic rings. The molecule has 0 atom stereocenters. The van der Waals surface area contributed by atoms with Crippen molar-refractivity contribution in [2.24, 2.45) is 5.73 Å². The Morgan fingerprint density at radius 3 is 2.94 bits per heavy atom. The maximum Gasteiger partial charge on any atom is 0.328 e. The Kier molecular flexibility index (Phi) is 5.66. The fourth-order valence-corrected chi connectivity index (χ4v) is 1.36. The number of urea groups is 1. The van der Waals surface area contributed by atoms with Crippen molar-refractivity contribution in [3.05, 3.63) is 24.3 Å². The first kappa shape index (κ1) is 14.0. The van der Waals surface area contributed by atoms with Crippen LogP contribution in [-0.2, 0) is 4.79 Å². The Hall–Kier alpha value is -2.08. The number of hydrogen-bond donors (Lipinski definition) is 2. The minimum atomic E-state index is -0.480. The molecule has 1 aromatic rings. The van der Waals surface area contributed by atoms with Gasteiger partial charge in [0.2, 0.25) is 6.41 Å². The molecule has 1 rings (SSSR count). The number of methoxy groups -OCH3 is 1. The zero-order chi connectivity index (χ0) is 13.4. The number of amides is 3. The molecule has 0 fully saturated rings. The Balaban J connectivity index is 2.64. The molecule has 3 amide bonds. The number of hydrogen-bond acceptors (Lipinski definition) is 4. The molecule has 0 bridgehead atoms. The fourth-order valence-electron chi connectivity index (χ4n) is 1.36. The van der Waals surface area contributed by atoms with E-state index in [4.69, 9.17) is 10.5 Å². The monoisotopic (exact) mass is 251 g/mol. The van der Waals surface area contributed by atoms with Crippen molar-refractivity contribution in [3.63, 3.8) is 0 Å². The summed E-state index contributed by atoms with van der Waals surface area (Å²) in [6.07, 6.45) is 1.06. The summed E-state index contributed by atoms with van der Waals surface area (Å²) in [5.41, 5.74) is 5.90. The SMILES string of the molecule is COc1cccc(NC(=O)N(C=O)CCCN)c1. The van der Waals surface area contributed by atoms with Gasteiger partial charge in [-0.15, -0.1) is 0 Å². The Bertz CT molecular complexity index is 409. The summed E-state index contributed by atoms with van der Waals surface area (Å²) in [5.74, 6) is 0.632. The van der Waals surface area contributed by atoms with Crippen molar-refractivity contribution in [2.45, 2.75) is 6.42 Å². The molecule has 0 saturated carbocycles. The van der Waals surface area contributed by atoms with Gasteiger partial charge in [-0.2, -0.15) is 0 Å². The lowest BCUT2D eigenvalue weighted by molar-refractivity contribution is -0.115. The lowest BCUT2D eigenvalue weighted by Gasteiger charge is -2.16. The van der Waals surface area contributed by atoms with Gasteiger partial charge in [0.05, 0.1) is 7.11 Å². The van der Waals surface area contributed by atoms with Crippen LogP contribution in [0.15, 0.2) is 24.3 Å². The molecule has 0 unspecified atom stereocenters. The van der Waals surface area contributed by atoms with E-state index in [1.165, 1.54) is 0 Å². The maximum atomic E-state index is 11.8. The highest BCUT2D eigenvalue weighted by Crippen LogP contribution is 2.16. The molecule has 0 aliphatic heterocycles. The molecule has 0 spiro atoms. The first-order chi connectivity index (χ1) is 8.71. The zero-order valence-corrected chi connectivity index (χ0v) is 10.3. The predicted octanol–water partition coefficient (Wildman–Crippen LogP) is 1.03. The van der Waals surface area contributed by atoms with Crippen molar-refractivity contribution in [2.75, 3.05) is 25.5 Å². The molecule has 98 valence electrons. The second kappa shape index (κ2) is 7.29. The van der Waals surface area contributed by atoms with Crippen LogP contribution in [0.5, 0.6) is 5.75 Å². The fraction of sp³-hybridized carbons (Fsp3) is 0.333. The van der Waals surface area contributed by atoms with Gasteiger partial charge in [-0.3, -0.25) is 9.69 Å². The van der Waals surface area contributed by atoms with Crippen LogP contribution in [0.1, 0.15) is 6.42 Å². The molecule has 0 aliphatic carbocycles. The molecule has 6 heteroatoms. The average Bonchev–Trinajstić information content (AvgIpc) is 2.40. The first-order valence-electron chi connectivity index (χ1n) is 5.58. The van der Waals surface area contributed by atoms with E-state index < -0.39 is 6.03 Å². The molecule has 0 heterocycles. The molecule has 0 saturated heterocycles. The highest BCUT2D eigenvalue weighted by atomic mass is 16.5. The molecular formula is C12H17N3O3. The number of benzene rings is 1. The molecule has 18 heavy (non-hydrogen) atoms. The standard InChI is InChI=1S/C12H17N3O3/c1-18-11-5-2-4-10(8-11)14-12(17)15(9-16)7-3-6-13/h2,4-5,8-9H,3,6-7,13H2,1H3,(H,14,17). The lowest BCUT2D eigenvalue weighted by atomic mass is 10.3. The van der Waals surface area contributed by atoms with Crippen LogP contribution in [0.4, 0.5) is 10.5 Å². The Morgan fingerprint density at radius 2 is 2.33 bits per heavy atom. The van der Waals surface area contributed by atoms with Crippen molar-refractivity contribution in [1.29, 1.82) is 0 Å². The maximum absolute atomic E-state index is 11.8. The highest BCUT2D eigenvalue weighted by molar-refractivity contribution is 5.95. The number of carbonyl (C=O) groups is 2. The number of rotatable bonds is 6. The largest absolute Gasteiger partial charge is 0.497 e. The van der Waals surface area contributed by atoms with Crippen LogP contribution in [0.25, 0.3) is 0 Å². The third-order valence-corrected chi connectivity index (χ3v) is 2.31. The number of anilines is 1. The van der Waals surface area contributed by atoms with Crippen LogP contribution < -0.4 is 15.8 Å². The molecule has 3 N–H and O–H groups in total. The van der Waals surface area contributed by atoms with Gasteiger partial charge in [-0.1, -0.05) is 6.07 Å². The van der Waals surface area contributed by atoms with Gasteiger partial charge in [0.15, 0.2) is 0 Å².